The van der Waals surface area contributed by atoms with Gasteiger partial charge in [-0.25, -0.2) is 0 Å². The molecule has 0 bridgehead atoms. The summed E-state index contributed by atoms with van der Waals surface area (Å²) < 4.78 is 16.6. The summed E-state index contributed by atoms with van der Waals surface area (Å²) in [6.07, 6.45) is 3.26. The molecule has 0 saturated heterocycles. The third-order valence-corrected chi connectivity index (χ3v) is 6.56. The Hall–Kier alpha value is -0.633. The quantitative estimate of drug-likeness (QED) is 0.329. The summed E-state index contributed by atoms with van der Waals surface area (Å²) >= 11 is 0. The molecule has 0 aromatic carbocycles. The Bertz CT molecular complexity index is 340. The van der Waals surface area contributed by atoms with E-state index in [4.69, 9.17) is 18.3 Å². The highest BCUT2D eigenvalue weighted by atomic mass is 28.4. The van der Waals surface area contributed by atoms with E-state index in [0.717, 1.165) is 37.9 Å². The van der Waals surface area contributed by atoms with Crippen LogP contribution in [0.4, 0.5) is 0 Å². The molecule has 0 amide bonds. The van der Waals surface area contributed by atoms with Gasteiger partial charge in [0.1, 0.15) is 0 Å². The number of unbranched alkanes of at least 4 members (excludes halogenated alkanes) is 1. The van der Waals surface area contributed by atoms with Crippen molar-refractivity contribution in [3.63, 3.8) is 0 Å². The third-order valence-electron chi connectivity index (χ3n) is 3.72. The summed E-state index contributed by atoms with van der Waals surface area (Å²) in [4.78, 5) is 7.15. The van der Waals surface area contributed by atoms with Gasteiger partial charge in [0.2, 0.25) is 0 Å². The van der Waals surface area contributed by atoms with Gasteiger partial charge in [-0.1, -0.05) is 13.3 Å². The molecule has 0 rings (SSSR count). The van der Waals surface area contributed by atoms with E-state index in [-0.39, 0.29) is 6.04 Å². The van der Waals surface area contributed by atoms with E-state index in [0.29, 0.717) is 6.04 Å². The summed E-state index contributed by atoms with van der Waals surface area (Å²) in [5, 5.41) is 3.50. The Morgan fingerprint density at radius 2 is 1.54 bits per heavy atom. The molecule has 7 heteroatoms. The number of hydrogen-bond donors (Lipinski definition) is 1. The van der Waals surface area contributed by atoms with Gasteiger partial charge >= 0.3 is 8.80 Å². The average molecular weight is 362 g/mol. The maximum Gasteiger partial charge on any atom is 0.500 e. The second kappa shape index (κ2) is 12.7. The molecule has 6 nitrogen and oxygen atoms in total. The van der Waals surface area contributed by atoms with E-state index >= 15 is 0 Å². The topological polar surface area (TPSA) is 55.3 Å². The Kier molecular flexibility index (Phi) is 12.4. The standard InChI is InChI=1S/C17H39N3O3Si/c1-9-10-12-20(17(18-15(2)3)19-16(4)5)13-11-14-24(21-6,22-7)23-8/h15-16H,9-14H2,1-8H3,(H,18,19). The highest BCUT2D eigenvalue weighted by molar-refractivity contribution is 6.60. The Balaban J connectivity index is 4.96. The summed E-state index contributed by atoms with van der Waals surface area (Å²) in [5.41, 5.74) is 0. The molecule has 0 aliphatic rings. The van der Waals surface area contributed by atoms with Gasteiger partial charge in [0.05, 0.1) is 0 Å². The van der Waals surface area contributed by atoms with Crippen molar-refractivity contribution in [2.24, 2.45) is 4.99 Å². The molecule has 0 aliphatic heterocycles. The van der Waals surface area contributed by atoms with Crippen LogP contribution in [0.2, 0.25) is 6.04 Å². The van der Waals surface area contributed by atoms with Crippen molar-refractivity contribution in [3.8, 4) is 0 Å². The third kappa shape index (κ3) is 9.01. The van der Waals surface area contributed by atoms with Crippen molar-refractivity contribution in [3.05, 3.63) is 0 Å². The predicted octanol–water partition coefficient (Wildman–Crippen LogP) is 3.12. The second-order valence-corrected chi connectivity index (χ2v) is 9.68. The lowest BCUT2D eigenvalue weighted by Gasteiger charge is -2.30. The summed E-state index contributed by atoms with van der Waals surface area (Å²) in [7, 11) is 2.50. The Morgan fingerprint density at radius 1 is 1.00 bits per heavy atom. The van der Waals surface area contributed by atoms with Crippen LogP contribution in [-0.2, 0) is 13.3 Å². The van der Waals surface area contributed by atoms with Crippen LogP contribution in [0.1, 0.15) is 53.9 Å². The summed E-state index contributed by atoms with van der Waals surface area (Å²) in [6, 6.07) is 1.42. The van der Waals surface area contributed by atoms with E-state index in [2.05, 4.69) is 44.8 Å². The van der Waals surface area contributed by atoms with Crippen LogP contribution in [0.25, 0.3) is 0 Å². The number of nitrogens with zero attached hydrogens (tertiary/aromatic N) is 2. The number of hydrogen-bond acceptors (Lipinski definition) is 4. The molecular weight excluding hydrogens is 322 g/mol. The number of rotatable bonds is 12. The molecule has 0 heterocycles. The van der Waals surface area contributed by atoms with E-state index < -0.39 is 8.80 Å². The van der Waals surface area contributed by atoms with Crippen LogP contribution in [0.5, 0.6) is 0 Å². The largest absolute Gasteiger partial charge is 0.500 e. The van der Waals surface area contributed by atoms with Crippen molar-refractivity contribution in [2.75, 3.05) is 34.4 Å². The molecule has 24 heavy (non-hydrogen) atoms. The van der Waals surface area contributed by atoms with Crippen LogP contribution in [-0.4, -0.2) is 66.2 Å². The number of aliphatic imine (C=N–C) groups is 1. The van der Waals surface area contributed by atoms with E-state index in [1.165, 1.54) is 6.42 Å². The predicted molar refractivity (Wildman–Crippen MR) is 104 cm³/mol. The SMILES string of the molecule is CCCCN(CCC[Si](OC)(OC)OC)C(=NC(C)C)NC(C)C. The van der Waals surface area contributed by atoms with Gasteiger partial charge in [-0.05, 0) is 40.5 Å². The molecule has 0 fully saturated rings. The van der Waals surface area contributed by atoms with Crippen LogP contribution >= 0.6 is 0 Å². The van der Waals surface area contributed by atoms with Gasteiger partial charge in [-0.3, -0.25) is 4.99 Å². The van der Waals surface area contributed by atoms with E-state index in [9.17, 15) is 0 Å². The zero-order valence-electron chi connectivity index (χ0n) is 17.0. The lowest BCUT2D eigenvalue weighted by molar-refractivity contribution is 0.122. The summed E-state index contributed by atoms with van der Waals surface area (Å²) in [5.74, 6) is 0.993. The molecule has 0 aromatic heterocycles. The highest BCUT2D eigenvalue weighted by Crippen LogP contribution is 2.15. The van der Waals surface area contributed by atoms with Gasteiger partial charge in [0.25, 0.3) is 0 Å². The molecule has 0 atom stereocenters. The maximum atomic E-state index is 5.52. The van der Waals surface area contributed by atoms with Gasteiger partial charge in [-0.15, -0.1) is 0 Å². The molecule has 0 aliphatic carbocycles. The number of nitrogens with one attached hydrogen (secondary N) is 1. The lowest BCUT2D eigenvalue weighted by Crippen LogP contribution is -2.47. The van der Waals surface area contributed by atoms with Crippen molar-refractivity contribution >= 4 is 14.8 Å². The minimum atomic E-state index is -2.50. The fourth-order valence-electron chi connectivity index (χ4n) is 2.43. The van der Waals surface area contributed by atoms with E-state index in [1.54, 1.807) is 21.3 Å². The van der Waals surface area contributed by atoms with Gasteiger partial charge < -0.3 is 23.5 Å². The fraction of sp³-hybridized carbons (Fsp3) is 0.941. The minimum absolute atomic E-state index is 0.265. The molecular formula is C17H39N3O3Si. The molecule has 0 unspecified atom stereocenters. The first-order valence-corrected chi connectivity index (χ1v) is 11.0. The van der Waals surface area contributed by atoms with E-state index in [1.807, 2.05) is 0 Å². The zero-order valence-corrected chi connectivity index (χ0v) is 18.0. The van der Waals surface area contributed by atoms with Gasteiger partial charge in [0.15, 0.2) is 5.96 Å². The highest BCUT2D eigenvalue weighted by Gasteiger charge is 2.37. The number of guanidine groups is 1. The average Bonchev–Trinajstić information content (AvgIpc) is 2.53. The zero-order chi connectivity index (χ0) is 18.6. The van der Waals surface area contributed by atoms with Crippen LogP contribution in [0.15, 0.2) is 4.99 Å². The molecule has 0 radical (unpaired) electrons. The molecule has 0 saturated carbocycles. The normalized spacial score (nSPS) is 13.0. The molecule has 0 aromatic rings. The van der Waals surface area contributed by atoms with Crippen LogP contribution < -0.4 is 5.32 Å². The smallest absolute Gasteiger partial charge is 0.377 e. The molecule has 1 N–H and O–H groups in total. The first kappa shape index (κ1) is 23.4. The maximum absolute atomic E-state index is 5.52. The van der Waals surface area contributed by atoms with Crippen molar-refractivity contribution < 1.29 is 13.3 Å². The first-order valence-electron chi connectivity index (χ1n) is 9.08. The first-order chi connectivity index (χ1) is 11.3. The lowest BCUT2D eigenvalue weighted by atomic mass is 10.3. The van der Waals surface area contributed by atoms with Crippen LogP contribution in [0.3, 0.4) is 0 Å². The van der Waals surface area contributed by atoms with Crippen molar-refractivity contribution in [1.29, 1.82) is 0 Å². The van der Waals surface area contributed by atoms with Gasteiger partial charge in [-0.2, -0.15) is 0 Å². The minimum Gasteiger partial charge on any atom is -0.377 e. The molecule has 144 valence electrons. The van der Waals surface area contributed by atoms with Crippen molar-refractivity contribution in [2.45, 2.75) is 72.0 Å². The molecule has 0 spiro atoms. The second-order valence-electron chi connectivity index (χ2n) is 6.59. The van der Waals surface area contributed by atoms with Crippen LogP contribution in [0, 0.1) is 0 Å². The Morgan fingerprint density at radius 3 is 1.96 bits per heavy atom. The van der Waals surface area contributed by atoms with Gasteiger partial charge in [0, 0.05) is 52.5 Å². The monoisotopic (exact) mass is 361 g/mol. The van der Waals surface area contributed by atoms with Crippen molar-refractivity contribution in [1.82, 2.24) is 10.2 Å². The summed E-state index contributed by atoms with van der Waals surface area (Å²) in [6.45, 7) is 12.6. The Labute approximate surface area is 150 Å². The fourth-order valence-corrected chi connectivity index (χ4v) is 4.13.